The number of fused-ring (bicyclic) bond motifs is 1. The third-order valence-corrected chi connectivity index (χ3v) is 4.19. The smallest absolute Gasteiger partial charge is 0.0425 e. The molecule has 96 valence electrons. The standard InChI is InChI=1S/C15H15N3S/c1-10-8-19-9-11(10)6-18-15-3-2-14(16)13-7-17-5-4-12(13)15/h2-5,7-9,18H,6,16H2,1H3. The van der Waals surface area contributed by atoms with E-state index in [-0.39, 0.29) is 0 Å². The zero-order chi connectivity index (χ0) is 13.2. The summed E-state index contributed by atoms with van der Waals surface area (Å²) in [4.78, 5) is 4.13. The molecule has 0 atom stereocenters. The van der Waals surface area contributed by atoms with Gasteiger partial charge in [0.25, 0.3) is 0 Å². The Morgan fingerprint density at radius 2 is 2.11 bits per heavy atom. The molecular formula is C15H15N3S. The Hall–Kier alpha value is -2.07. The van der Waals surface area contributed by atoms with Gasteiger partial charge in [0.1, 0.15) is 0 Å². The van der Waals surface area contributed by atoms with Crippen molar-refractivity contribution in [3.05, 3.63) is 52.5 Å². The van der Waals surface area contributed by atoms with Gasteiger partial charge in [0.15, 0.2) is 0 Å². The quantitative estimate of drug-likeness (QED) is 0.711. The second-order valence-electron chi connectivity index (χ2n) is 4.56. The van der Waals surface area contributed by atoms with E-state index in [0.29, 0.717) is 0 Å². The summed E-state index contributed by atoms with van der Waals surface area (Å²) in [7, 11) is 0. The van der Waals surface area contributed by atoms with Crippen molar-refractivity contribution in [1.29, 1.82) is 0 Å². The number of nitrogen functional groups attached to an aromatic ring is 1. The summed E-state index contributed by atoms with van der Waals surface area (Å²) in [6, 6.07) is 5.95. The van der Waals surface area contributed by atoms with E-state index >= 15 is 0 Å². The fourth-order valence-corrected chi connectivity index (χ4v) is 2.98. The molecule has 0 fully saturated rings. The molecular weight excluding hydrogens is 254 g/mol. The van der Waals surface area contributed by atoms with Gasteiger partial charge < -0.3 is 11.1 Å². The number of nitrogens with two attached hydrogens (primary N) is 1. The minimum Gasteiger partial charge on any atom is -0.398 e. The predicted molar refractivity (Wildman–Crippen MR) is 82.5 cm³/mol. The molecule has 0 aliphatic heterocycles. The highest BCUT2D eigenvalue weighted by atomic mass is 32.1. The lowest BCUT2D eigenvalue weighted by Gasteiger charge is -2.11. The van der Waals surface area contributed by atoms with Crippen molar-refractivity contribution in [1.82, 2.24) is 4.98 Å². The van der Waals surface area contributed by atoms with Crippen molar-refractivity contribution < 1.29 is 0 Å². The number of anilines is 2. The molecule has 1 aromatic carbocycles. The molecule has 0 aliphatic carbocycles. The van der Waals surface area contributed by atoms with Crippen molar-refractivity contribution >= 4 is 33.5 Å². The van der Waals surface area contributed by atoms with Crippen LogP contribution in [0, 0.1) is 6.92 Å². The van der Waals surface area contributed by atoms with Gasteiger partial charge in [-0.15, -0.1) is 0 Å². The first-order chi connectivity index (χ1) is 9.25. The Bertz CT molecular complexity index is 718. The lowest BCUT2D eigenvalue weighted by molar-refractivity contribution is 1.14. The Kier molecular flexibility index (Phi) is 3.09. The summed E-state index contributed by atoms with van der Waals surface area (Å²) < 4.78 is 0. The molecule has 0 aliphatic rings. The highest BCUT2D eigenvalue weighted by Gasteiger charge is 2.05. The van der Waals surface area contributed by atoms with Gasteiger partial charge in [-0.05, 0) is 47.0 Å². The van der Waals surface area contributed by atoms with Crippen molar-refractivity contribution in [2.24, 2.45) is 0 Å². The second kappa shape index (κ2) is 4.90. The number of hydrogen-bond acceptors (Lipinski definition) is 4. The van der Waals surface area contributed by atoms with Crippen molar-refractivity contribution in [2.75, 3.05) is 11.1 Å². The number of nitrogens with one attached hydrogen (secondary N) is 1. The first-order valence-corrected chi connectivity index (χ1v) is 7.08. The van der Waals surface area contributed by atoms with E-state index in [1.165, 1.54) is 11.1 Å². The molecule has 2 aromatic heterocycles. The van der Waals surface area contributed by atoms with Gasteiger partial charge in [0, 0.05) is 41.1 Å². The fourth-order valence-electron chi connectivity index (χ4n) is 2.12. The molecule has 3 N–H and O–H groups in total. The first-order valence-electron chi connectivity index (χ1n) is 6.13. The maximum absolute atomic E-state index is 5.97. The summed E-state index contributed by atoms with van der Waals surface area (Å²) in [6.45, 7) is 2.97. The van der Waals surface area contributed by atoms with Crippen LogP contribution >= 0.6 is 11.3 Å². The lowest BCUT2D eigenvalue weighted by atomic mass is 10.1. The predicted octanol–water partition coefficient (Wildman–Crippen LogP) is 3.80. The minimum absolute atomic E-state index is 0.764. The zero-order valence-electron chi connectivity index (χ0n) is 10.7. The van der Waals surface area contributed by atoms with Crippen LogP contribution < -0.4 is 11.1 Å². The van der Waals surface area contributed by atoms with Crippen LogP contribution in [-0.2, 0) is 6.54 Å². The SMILES string of the molecule is Cc1cscc1CNc1ccc(N)c2cnccc12. The highest BCUT2D eigenvalue weighted by molar-refractivity contribution is 7.08. The average Bonchev–Trinajstić information content (AvgIpc) is 2.84. The molecule has 3 rings (SSSR count). The highest BCUT2D eigenvalue weighted by Crippen LogP contribution is 2.28. The Morgan fingerprint density at radius 1 is 1.21 bits per heavy atom. The molecule has 0 bridgehead atoms. The van der Waals surface area contributed by atoms with Gasteiger partial charge in [-0.3, -0.25) is 4.98 Å². The van der Waals surface area contributed by atoms with E-state index in [0.717, 1.165) is 28.7 Å². The zero-order valence-corrected chi connectivity index (χ0v) is 11.5. The summed E-state index contributed by atoms with van der Waals surface area (Å²) in [6.07, 6.45) is 3.61. The van der Waals surface area contributed by atoms with E-state index in [4.69, 9.17) is 5.73 Å². The minimum atomic E-state index is 0.764. The largest absolute Gasteiger partial charge is 0.398 e. The maximum Gasteiger partial charge on any atom is 0.0425 e. The van der Waals surface area contributed by atoms with Crippen molar-refractivity contribution in [3.63, 3.8) is 0 Å². The van der Waals surface area contributed by atoms with Crippen LogP contribution in [0.4, 0.5) is 11.4 Å². The number of rotatable bonds is 3. The molecule has 0 radical (unpaired) electrons. The van der Waals surface area contributed by atoms with Gasteiger partial charge in [-0.25, -0.2) is 0 Å². The number of aromatic nitrogens is 1. The number of aryl methyl sites for hydroxylation is 1. The fraction of sp³-hybridized carbons (Fsp3) is 0.133. The van der Waals surface area contributed by atoms with Gasteiger partial charge in [0.2, 0.25) is 0 Å². The van der Waals surface area contributed by atoms with Crippen LogP contribution in [0.15, 0.2) is 41.4 Å². The molecule has 2 heterocycles. The van der Waals surface area contributed by atoms with E-state index in [1.807, 2.05) is 24.4 Å². The normalized spacial score (nSPS) is 10.8. The first kappa shape index (κ1) is 12.0. The maximum atomic E-state index is 5.97. The monoisotopic (exact) mass is 269 g/mol. The Labute approximate surface area is 116 Å². The number of nitrogens with zero attached hydrogens (tertiary/aromatic N) is 1. The lowest BCUT2D eigenvalue weighted by Crippen LogP contribution is -2.01. The Morgan fingerprint density at radius 3 is 2.89 bits per heavy atom. The van der Waals surface area contributed by atoms with Gasteiger partial charge in [-0.1, -0.05) is 0 Å². The van der Waals surface area contributed by atoms with Crippen LogP contribution in [0.1, 0.15) is 11.1 Å². The summed E-state index contributed by atoms with van der Waals surface area (Å²) in [5, 5.41) is 9.94. The number of thiophene rings is 1. The van der Waals surface area contributed by atoms with E-state index in [1.54, 1.807) is 17.5 Å². The molecule has 19 heavy (non-hydrogen) atoms. The third-order valence-electron chi connectivity index (χ3n) is 3.28. The molecule has 0 spiro atoms. The van der Waals surface area contributed by atoms with Crippen molar-refractivity contribution in [3.8, 4) is 0 Å². The van der Waals surface area contributed by atoms with Crippen LogP contribution in [0.2, 0.25) is 0 Å². The molecule has 3 nitrogen and oxygen atoms in total. The Balaban J connectivity index is 1.93. The number of benzene rings is 1. The number of hydrogen-bond donors (Lipinski definition) is 2. The van der Waals surface area contributed by atoms with Crippen molar-refractivity contribution in [2.45, 2.75) is 13.5 Å². The summed E-state index contributed by atoms with van der Waals surface area (Å²) in [5.74, 6) is 0. The van der Waals surface area contributed by atoms with Crippen LogP contribution in [0.25, 0.3) is 10.8 Å². The molecule has 0 amide bonds. The van der Waals surface area contributed by atoms with Crippen LogP contribution in [0.5, 0.6) is 0 Å². The molecule has 0 unspecified atom stereocenters. The van der Waals surface area contributed by atoms with Gasteiger partial charge in [0.05, 0.1) is 0 Å². The van der Waals surface area contributed by atoms with E-state index < -0.39 is 0 Å². The second-order valence-corrected chi connectivity index (χ2v) is 5.30. The van der Waals surface area contributed by atoms with E-state index in [9.17, 15) is 0 Å². The number of pyridine rings is 1. The third kappa shape index (κ3) is 2.27. The van der Waals surface area contributed by atoms with Crippen LogP contribution in [0.3, 0.4) is 0 Å². The van der Waals surface area contributed by atoms with E-state index in [2.05, 4.69) is 28.0 Å². The average molecular weight is 269 g/mol. The van der Waals surface area contributed by atoms with Crippen LogP contribution in [-0.4, -0.2) is 4.98 Å². The molecule has 0 saturated carbocycles. The molecule has 4 heteroatoms. The molecule has 0 saturated heterocycles. The summed E-state index contributed by atoms with van der Waals surface area (Å²) >= 11 is 1.74. The molecule has 3 aromatic rings. The van der Waals surface area contributed by atoms with Gasteiger partial charge in [-0.2, -0.15) is 11.3 Å². The topological polar surface area (TPSA) is 50.9 Å². The van der Waals surface area contributed by atoms with Gasteiger partial charge >= 0.3 is 0 Å². The summed E-state index contributed by atoms with van der Waals surface area (Å²) in [5.41, 5.74) is 10.5.